The smallest absolute Gasteiger partial charge is 0.220 e. The van der Waals surface area contributed by atoms with Gasteiger partial charge in [0, 0.05) is 27.2 Å². The third-order valence-electron chi connectivity index (χ3n) is 1.71. The van der Waals surface area contributed by atoms with Gasteiger partial charge in [0.1, 0.15) is 0 Å². The average molecular weight is 205 g/mol. The van der Waals surface area contributed by atoms with Gasteiger partial charge in [-0.05, 0) is 6.42 Å². The van der Waals surface area contributed by atoms with E-state index in [1.807, 2.05) is 0 Å². The van der Waals surface area contributed by atoms with Gasteiger partial charge in [0.25, 0.3) is 0 Å². The Morgan fingerprint density at radius 1 is 1.43 bits per heavy atom. The van der Waals surface area contributed by atoms with Gasteiger partial charge in [-0.15, -0.1) is 0 Å². The van der Waals surface area contributed by atoms with Crippen molar-refractivity contribution in [2.75, 3.05) is 34.0 Å². The van der Waals surface area contributed by atoms with E-state index in [9.17, 15) is 4.79 Å². The predicted molar refractivity (Wildman–Crippen MR) is 52.0 cm³/mol. The Kier molecular flexibility index (Phi) is 8.51. The highest BCUT2D eigenvalue weighted by Crippen LogP contribution is 1.91. The van der Waals surface area contributed by atoms with Gasteiger partial charge in [0.2, 0.25) is 5.91 Å². The molecule has 1 amide bonds. The Hall–Kier alpha value is -0.650. The van der Waals surface area contributed by atoms with Crippen LogP contribution in [0.2, 0.25) is 0 Å². The molecular weight excluding hydrogens is 186 g/mol. The van der Waals surface area contributed by atoms with Gasteiger partial charge >= 0.3 is 0 Å². The van der Waals surface area contributed by atoms with Gasteiger partial charge in [-0.25, -0.2) is 0 Å². The molecule has 5 nitrogen and oxygen atoms in total. The topological polar surface area (TPSA) is 67.8 Å². The SMILES string of the molecule is COCCCC(=O)NC(CO)COC. The van der Waals surface area contributed by atoms with E-state index in [1.165, 1.54) is 7.11 Å². The second-order valence-electron chi connectivity index (χ2n) is 3.00. The first-order valence-corrected chi connectivity index (χ1v) is 4.62. The number of hydrogen-bond acceptors (Lipinski definition) is 4. The van der Waals surface area contributed by atoms with Crippen LogP contribution < -0.4 is 5.32 Å². The number of rotatable bonds is 8. The minimum Gasteiger partial charge on any atom is -0.394 e. The normalized spacial score (nSPS) is 12.5. The van der Waals surface area contributed by atoms with Crippen molar-refractivity contribution in [3.63, 3.8) is 0 Å². The minimum atomic E-state index is -0.310. The standard InChI is InChI=1S/C9H19NO4/c1-13-5-3-4-9(12)10-8(6-11)7-14-2/h8,11H,3-7H2,1-2H3,(H,10,12). The van der Waals surface area contributed by atoms with Gasteiger partial charge in [0.05, 0.1) is 19.3 Å². The third kappa shape index (κ3) is 6.82. The monoisotopic (exact) mass is 205 g/mol. The Morgan fingerprint density at radius 2 is 2.14 bits per heavy atom. The van der Waals surface area contributed by atoms with Crippen molar-refractivity contribution in [3.8, 4) is 0 Å². The van der Waals surface area contributed by atoms with Crippen molar-refractivity contribution < 1.29 is 19.4 Å². The number of carbonyl (C=O) groups excluding carboxylic acids is 1. The first kappa shape index (κ1) is 13.4. The van der Waals surface area contributed by atoms with Gasteiger partial charge in [-0.1, -0.05) is 0 Å². The average Bonchev–Trinajstić information content (AvgIpc) is 2.17. The van der Waals surface area contributed by atoms with Crippen molar-refractivity contribution >= 4 is 5.91 Å². The summed E-state index contributed by atoms with van der Waals surface area (Å²) in [5.74, 6) is -0.0850. The molecular formula is C9H19NO4. The number of aliphatic hydroxyl groups excluding tert-OH is 1. The lowest BCUT2D eigenvalue weighted by molar-refractivity contribution is -0.122. The van der Waals surface area contributed by atoms with Crippen LogP contribution in [0.15, 0.2) is 0 Å². The van der Waals surface area contributed by atoms with E-state index in [1.54, 1.807) is 7.11 Å². The zero-order valence-electron chi connectivity index (χ0n) is 8.78. The van der Waals surface area contributed by atoms with Crippen molar-refractivity contribution in [2.45, 2.75) is 18.9 Å². The van der Waals surface area contributed by atoms with Crippen LogP contribution in [0.25, 0.3) is 0 Å². The Labute approximate surface area is 84.4 Å². The molecule has 0 aliphatic rings. The molecule has 5 heteroatoms. The molecule has 0 saturated carbocycles. The summed E-state index contributed by atoms with van der Waals surface area (Å²) >= 11 is 0. The summed E-state index contributed by atoms with van der Waals surface area (Å²) in [7, 11) is 3.12. The lowest BCUT2D eigenvalue weighted by Gasteiger charge is -2.14. The fourth-order valence-electron chi connectivity index (χ4n) is 1.02. The fraction of sp³-hybridized carbons (Fsp3) is 0.889. The summed E-state index contributed by atoms with van der Waals surface area (Å²) in [5.41, 5.74) is 0. The van der Waals surface area contributed by atoms with Crippen molar-refractivity contribution in [3.05, 3.63) is 0 Å². The van der Waals surface area contributed by atoms with Crippen molar-refractivity contribution in [1.29, 1.82) is 0 Å². The lowest BCUT2D eigenvalue weighted by Crippen LogP contribution is -2.40. The molecule has 0 fully saturated rings. The molecule has 1 atom stereocenters. The molecule has 0 heterocycles. The molecule has 0 saturated heterocycles. The van der Waals surface area contributed by atoms with Crippen LogP contribution in [-0.4, -0.2) is 51.1 Å². The molecule has 84 valence electrons. The second-order valence-corrected chi connectivity index (χ2v) is 3.00. The Balaban J connectivity index is 3.56. The van der Waals surface area contributed by atoms with E-state index in [2.05, 4.69) is 5.32 Å². The molecule has 0 aromatic rings. The van der Waals surface area contributed by atoms with Crippen LogP contribution in [0.5, 0.6) is 0 Å². The zero-order valence-corrected chi connectivity index (χ0v) is 8.78. The number of hydrogen-bond donors (Lipinski definition) is 2. The lowest BCUT2D eigenvalue weighted by atomic mass is 10.2. The van der Waals surface area contributed by atoms with Gasteiger partial charge in [-0.3, -0.25) is 4.79 Å². The van der Waals surface area contributed by atoms with Crippen molar-refractivity contribution in [1.82, 2.24) is 5.32 Å². The first-order valence-electron chi connectivity index (χ1n) is 4.62. The molecule has 1 unspecified atom stereocenters. The van der Waals surface area contributed by atoms with Crippen LogP contribution in [0.4, 0.5) is 0 Å². The molecule has 14 heavy (non-hydrogen) atoms. The molecule has 0 aliphatic carbocycles. The first-order chi connectivity index (χ1) is 6.74. The highest BCUT2D eigenvalue weighted by molar-refractivity contribution is 5.76. The second kappa shape index (κ2) is 8.93. The Bertz CT molecular complexity index is 152. The van der Waals surface area contributed by atoms with E-state index in [0.717, 1.165) is 0 Å². The summed E-state index contributed by atoms with van der Waals surface area (Å²) < 4.78 is 9.64. The van der Waals surface area contributed by atoms with E-state index >= 15 is 0 Å². The number of carbonyl (C=O) groups is 1. The molecule has 0 aliphatic heterocycles. The molecule has 0 aromatic heterocycles. The number of methoxy groups -OCH3 is 2. The maximum Gasteiger partial charge on any atom is 0.220 e. The van der Waals surface area contributed by atoms with Crippen LogP contribution in [0, 0.1) is 0 Å². The Morgan fingerprint density at radius 3 is 2.64 bits per heavy atom. The summed E-state index contributed by atoms with van der Waals surface area (Å²) in [6, 6.07) is -0.310. The van der Waals surface area contributed by atoms with E-state index in [-0.39, 0.29) is 18.6 Å². The molecule has 0 bridgehead atoms. The fourth-order valence-corrected chi connectivity index (χ4v) is 1.02. The summed E-state index contributed by atoms with van der Waals surface area (Å²) in [6.07, 6.45) is 1.10. The number of nitrogens with one attached hydrogen (secondary N) is 1. The van der Waals surface area contributed by atoms with E-state index in [4.69, 9.17) is 14.6 Å². The highest BCUT2D eigenvalue weighted by Gasteiger charge is 2.10. The molecule has 2 N–H and O–H groups in total. The summed E-state index contributed by atoms with van der Waals surface area (Å²) in [4.78, 5) is 11.2. The molecule has 0 spiro atoms. The van der Waals surface area contributed by atoms with Crippen LogP contribution in [-0.2, 0) is 14.3 Å². The quantitative estimate of drug-likeness (QED) is 0.526. The third-order valence-corrected chi connectivity index (χ3v) is 1.71. The maximum absolute atomic E-state index is 11.2. The zero-order chi connectivity index (χ0) is 10.8. The van der Waals surface area contributed by atoms with E-state index < -0.39 is 0 Å². The minimum absolute atomic E-state index is 0.0850. The van der Waals surface area contributed by atoms with Gasteiger partial charge < -0.3 is 19.9 Å². The number of amides is 1. The van der Waals surface area contributed by atoms with Crippen molar-refractivity contribution in [2.24, 2.45) is 0 Å². The maximum atomic E-state index is 11.2. The van der Waals surface area contributed by atoms with E-state index in [0.29, 0.717) is 26.1 Å². The number of ether oxygens (including phenoxy) is 2. The largest absolute Gasteiger partial charge is 0.394 e. The molecule has 0 aromatic carbocycles. The molecule has 0 rings (SSSR count). The van der Waals surface area contributed by atoms with Crippen LogP contribution in [0.1, 0.15) is 12.8 Å². The predicted octanol–water partition coefficient (Wildman–Crippen LogP) is -0.463. The van der Waals surface area contributed by atoms with Gasteiger partial charge in [0.15, 0.2) is 0 Å². The summed E-state index contributed by atoms with van der Waals surface area (Å²) in [6.45, 7) is 0.790. The van der Waals surface area contributed by atoms with Crippen LogP contribution >= 0.6 is 0 Å². The molecule has 0 radical (unpaired) electrons. The number of aliphatic hydroxyl groups is 1. The van der Waals surface area contributed by atoms with Gasteiger partial charge in [-0.2, -0.15) is 0 Å². The van der Waals surface area contributed by atoms with Crippen LogP contribution in [0.3, 0.4) is 0 Å². The summed E-state index contributed by atoms with van der Waals surface area (Å²) in [5, 5.41) is 11.5. The highest BCUT2D eigenvalue weighted by atomic mass is 16.5.